The number of nitrogens with zero attached hydrogens (tertiary/aromatic N) is 3. The van der Waals surface area contributed by atoms with Crippen LogP contribution in [0.5, 0.6) is 0 Å². The first-order chi connectivity index (χ1) is 10.7. The summed E-state index contributed by atoms with van der Waals surface area (Å²) in [5, 5.41) is 10.3. The molecule has 2 heterocycles. The van der Waals surface area contributed by atoms with Gasteiger partial charge in [0.2, 0.25) is 0 Å². The van der Waals surface area contributed by atoms with Crippen LogP contribution in [0, 0.1) is 18.3 Å². The summed E-state index contributed by atoms with van der Waals surface area (Å²) < 4.78 is 0. The van der Waals surface area contributed by atoms with Gasteiger partial charge in [0.05, 0.1) is 5.56 Å². The van der Waals surface area contributed by atoms with Gasteiger partial charge in [0, 0.05) is 31.0 Å². The normalized spacial score (nSPS) is 14.4. The average Bonchev–Trinajstić information content (AvgIpc) is 2.53. The zero-order valence-electron chi connectivity index (χ0n) is 13.0. The number of nitriles is 1. The molecule has 0 saturated heterocycles. The molecule has 3 rings (SSSR count). The van der Waals surface area contributed by atoms with E-state index in [2.05, 4.69) is 49.2 Å². The molecule has 4 heteroatoms. The summed E-state index contributed by atoms with van der Waals surface area (Å²) in [6.07, 6.45) is 0.968. The number of hydrogen-bond acceptors (Lipinski definition) is 4. The molecule has 0 spiro atoms. The van der Waals surface area contributed by atoms with Gasteiger partial charge in [0.1, 0.15) is 11.1 Å². The molecule has 0 unspecified atom stereocenters. The zero-order valence-corrected chi connectivity index (χ0v) is 13.8. The van der Waals surface area contributed by atoms with Crippen molar-refractivity contribution in [1.82, 2.24) is 9.88 Å². The quantitative estimate of drug-likeness (QED) is 0.813. The average molecular weight is 309 g/mol. The first kappa shape index (κ1) is 15.1. The van der Waals surface area contributed by atoms with Crippen molar-refractivity contribution in [1.29, 1.82) is 5.26 Å². The van der Waals surface area contributed by atoms with Gasteiger partial charge in [-0.2, -0.15) is 5.26 Å². The minimum atomic E-state index is 0.700. The van der Waals surface area contributed by atoms with E-state index in [0.717, 1.165) is 36.0 Å². The third-order valence-electron chi connectivity index (χ3n) is 3.94. The monoisotopic (exact) mass is 309 g/mol. The van der Waals surface area contributed by atoms with E-state index < -0.39 is 0 Å². The van der Waals surface area contributed by atoms with Gasteiger partial charge in [-0.3, -0.25) is 0 Å². The smallest absolute Gasteiger partial charge is 0.114 e. The molecule has 0 aliphatic carbocycles. The topological polar surface area (TPSA) is 39.9 Å². The van der Waals surface area contributed by atoms with Gasteiger partial charge >= 0.3 is 0 Å². The number of fused-ring (bicyclic) bond motifs is 1. The SMILES string of the molecule is Cc1ccc(CSc2nc3c(cc2C#N)CN(C)CC3)cc1. The van der Waals surface area contributed by atoms with Crippen LogP contribution in [0.4, 0.5) is 0 Å². The van der Waals surface area contributed by atoms with Gasteiger partial charge in [0.25, 0.3) is 0 Å². The molecule has 0 amide bonds. The van der Waals surface area contributed by atoms with E-state index in [9.17, 15) is 5.26 Å². The molecular weight excluding hydrogens is 290 g/mol. The number of pyridine rings is 1. The predicted molar refractivity (Wildman–Crippen MR) is 89.7 cm³/mol. The van der Waals surface area contributed by atoms with E-state index in [1.54, 1.807) is 11.8 Å². The summed E-state index contributed by atoms with van der Waals surface area (Å²) in [6.45, 7) is 4.01. The fourth-order valence-corrected chi connectivity index (χ4v) is 3.55. The van der Waals surface area contributed by atoms with Gasteiger partial charge < -0.3 is 4.90 Å². The molecule has 112 valence electrons. The highest BCUT2D eigenvalue weighted by Crippen LogP contribution is 2.28. The summed E-state index contributed by atoms with van der Waals surface area (Å²) >= 11 is 1.66. The Hall–Kier alpha value is -1.83. The molecule has 0 fully saturated rings. The first-order valence-corrected chi connectivity index (χ1v) is 8.44. The lowest BCUT2D eigenvalue weighted by atomic mass is 10.0. The van der Waals surface area contributed by atoms with Crippen LogP contribution in [-0.2, 0) is 18.7 Å². The van der Waals surface area contributed by atoms with Gasteiger partial charge in [-0.15, -0.1) is 11.8 Å². The largest absolute Gasteiger partial charge is 0.302 e. The summed E-state index contributed by atoms with van der Waals surface area (Å²) in [5.74, 6) is 0.848. The van der Waals surface area contributed by atoms with Crippen LogP contribution in [0.3, 0.4) is 0 Å². The van der Waals surface area contributed by atoms with Crippen molar-refractivity contribution in [3.63, 3.8) is 0 Å². The highest BCUT2D eigenvalue weighted by atomic mass is 32.2. The number of likely N-dealkylation sites (N-methyl/N-ethyl adjacent to an activating group) is 1. The lowest BCUT2D eigenvalue weighted by Crippen LogP contribution is -2.27. The molecule has 1 aliphatic heterocycles. The maximum absolute atomic E-state index is 9.40. The number of rotatable bonds is 3. The number of aryl methyl sites for hydroxylation is 1. The summed E-state index contributed by atoms with van der Waals surface area (Å²) in [4.78, 5) is 7.03. The van der Waals surface area contributed by atoms with Crippen molar-refractivity contribution >= 4 is 11.8 Å². The van der Waals surface area contributed by atoms with E-state index in [-0.39, 0.29) is 0 Å². The fraction of sp³-hybridized carbons (Fsp3) is 0.333. The Balaban J connectivity index is 1.81. The highest BCUT2D eigenvalue weighted by Gasteiger charge is 2.18. The van der Waals surface area contributed by atoms with Gasteiger partial charge in [-0.05, 0) is 31.2 Å². The maximum Gasteiger partial charge on any atom is 0.114 e. The number of benzene rings is 1. The molecule has 0 bridgehead atoms. The maximum atomic E-state index is 9.40. The Morgan fingerprint density at radius 2 is 2.09 bits per heavy atom. The van der Waals surface area contributed by atoms with Gasteiger partial charge in [-0.25, -0.2) is 4.98 Å². The molecule has 1 aromatic carbocycles. The molecule has 0 N–H and O–H groups in total. The van der Waals surface area contributed by atoms with Crippen LogP contribution in [-0.4, -0.2) is 23.5 Å². The van der Waals surface area contributed by atoms with E-state index in [1.807, 2.05) is 6.07 Å². The van der Waals surface area contributed by atoms with E-state index in [4.69, 9.17) is 4.98 Å². The van der Waals surface area contributed by atoms with Crippen LogP contribution < -0.4 is 0 Å². The third kappa shape index (κ3) is 3.32. The molecule has 1 aromatic heterocycles. The number of thioether (sulfide) groups is 1. The lowest BCUT2D eigenvalue weighted by Gasteiger charge is -2.24. The van der Waals surface area contributed by atoms with Crippen LogP contribution in [0.1, 0.15) is 27.9 Å². The molecule has 1 aliphatic rings. The fourth-order valence-electron chi connectivity index (χ4n) is 2.62. The molecular formula is C18H19N3S. The van der Waals surface area contributed by atoms with Crippen molar-refractivity contribution < 1.29 is 0 Å². The van der Waals surface area contributed by atoms with Crippen LogP contribution in [0.15, 0.2) is 35.4 Å². The first-order valence-electron chi connectivity index (χ1n) is 7.45. The second-order valence-corrected chi connectivity index (χ2v) is 6.78. The summed E-state index contributed by atoms with van der Waals surface area (Å²) in [5.41, 5.74) is 5.58. The van der Waals surface area contributed by atoms with Crippen molar-refractivity contribution in [3.8, 4) is 6.07 Å². The molecule has 22 heavy (non-hydrogen) atoms. The van der Waals surface area contributed by atoms with Crippen molar-refractivity contribution in [2.24, 2.45) is 0 Å². The van der Waals surface area contributed by atoms with E-state index >= 15 is 0 Å². The molecule has 3 nitrogen and oxygen atoms in total. The highest BCUT2D eigenvalue weighted by molar-refractivity contribution is 7.98. The Morgan fingerprint density at radius 1 is 1.32 bits per heavy atom. The standard InChI is InChI=1S/C18H19N3S/c1-13-3-5-14(6-4-13)12-22-18-15(10-19)9-16-11-21(2)8-7-17(16)20-18/h3-6,9H,7-8,11-12H2,1-2H3. The van der Waals surface area contributed by atoms with Gasteiger partial charge in [0.15, 0.2) is 0 Å². The number of hydrogen-bond donors (Lipinski definition) is 0. The summed E-state index contributed by atoms with van der Waals surface area (Å²) in [6, 6.07) is 12.9. The third-order valence-corrected chi connectivity index (χ3v) is 5.01. The zero-order chi connectivity index (χ0) is 15.5. The minimum absolute atomic E-state index is 0.700. The second kappa shape index (κ2) is 6.51. The Labute approximate surface area is 136 Å². The molecule has 0 saturated carbocycles. The van der Waals surface area contributed by atoms with Crippen LogP contribution in [0.2, 0.25) is 0 Å². The Morgan fingerprint density at radius 3 is 2.82 bits per heavy atom. The van der Waals surface area contributed by atoms with Crippen molar-refractivity contribution in [2.75, 3.05) is 13.6 Å². The van der Waals surface area contributed by atoms with E-state index in [1.165, 1.54) is 16.7 Å². The Kier molecular flexibility index (Phi) is 4.47. The molecule has 0 radical (unpaired) electrons. The van der Waals surface area contributed by atoms with Gasteiger partial charge in [-0.1, -0.05) is 29.8 Å². The van der Waals surface area contributed by atoms with Crippen molar-refractivity contribution in [3.05, 3.63) is 58.3 Å². The number of aromatic nitrogens is 1. The lowest BCUT2D eigenvalue weighted by molar-refractivity contribution is 0.309. The van der Waals surface area contributed by atoms with Crippen LogP contribution in [0.25, 0.3) is 0 Å². The Bertz CT molecular complexity index is 716. The minimum Gasteiger partial charge on any atom is -0.302 e. The predicted octanol–water partition coefficient (Wildman–Crippen LogP) is 3.54. The van der Waals surface area contributed by atoms with Crippen LogP contribution >= 0.6 is 11.8 Å². The summed E-state index contributed by atoms with van der Waals surface area (Å²) in [7, 11) is 2.11. The van der Waals surface area contributed by atoms with E-state index in [0.29, 0.717) is 5.56 Å². The second-order valence-electron chi connectivity index (χ2n) is 5.82. The van der Waals surface area contributed by atoms with Crippen molar-refractivity contribution in [2.45, 2.75) is 30.7 Å². The molecule has 0 atom stereocenters. The molecule has 2 aromatic rings.